The third-order valence-corrected chi connectivity index (χ3v) is 2.66. The Morgan fingerprint density at radius 2 is 2.21 bits per heavy atom. The normalized spacial score (nSPS) is 14.4. The number of halogens is 1. The highest BCUT2D eigenvalue weighted by Gasteiger charge is 2.01. The predicted molar refractivity (Wildman–Crippen MR) is 64.3 cm³/mol. The van der Waals surface area contributed by atoms with E-state index in [1.165, 1.54) is 6.92 Å². The van der Waals surface area contributed by atoms with E-state index in [-0.39, 0.29) is 5.91 Å². The first kappa shape index (κ1) is 13.4. The molecule has 1 unspecified atom stereocenters. The van der Waals surface area contributed by atoms with E-state index in [1.54, 1.807) is 0 Å². The molecule has 0 aromatic carbocycles. The van der Waals surface area contributed by atoms with Crippen LogP contribution in [-0.2, 0) is 4.79 Å². The molecular formula is C11H18BrNO. The molecular weight excluding hydrogens is 242 g/mol. The van der Waals surface area contributed by atoms with Gasteiger partial charge in [0.05, 0.1) is 0 Å². The second-order valence-electron chi connectivity index (χ2n) is 3.14. The Labute approximate surface area is 94.6 Å². The van der Waals surface area contributed by atoms with E-state index in [1.807, 2.05) is 19.1 Å². The summed E-state index contributed by atoms with van der Waals surface area (Å²) in [5.41, 5.74) is 0. The van der Waals surface area contributed by atoms with Gasteiger partial charge in [-0.05, 0) is 19.3 Å². The number of carbonyl (C=O) groups excluding carboxylic acids is 1. The highest BCUT2D eigenvalue weighted by molar-refractivity contribution is 9.11. The fourth-order valence-electron chi connectivity index (χ4n) is 0.948. The zero-order valence-corrected chi connectivity index (χ0v) is 10.6. The van der Waals surface area contributed by atoms with E-state index in [0.29, 0.717) is 12.5 Å². The Balaban J connectivity index is 4.02. The van der Waals surface area contributed by atoms with Crippen molar-refractivity contribution in [1.29, 1.82) is 0 Å². The molecule has 1 N–H and O–H groups in total. The van der Waals surface area contributed by atoms with Gasteiger partial charge < -0.3 is 5.32 Å². The molecule has 1 amide bonds. The number of nitrogens with one attached hydrogen (secondary N) is 1. The lowest BCUT2D eigenvalue weighted by atomic mass is 10.1. The van der Waals surface area contributed by atoms with Gasteiger partial charge in [-0.2, -0.15) is 0 Å². The quantitative estimate of drug-likeness (QED) is 0.756. The summed E-state index contributed by atoms with van der Waals surface area (Å²) in [6.45, 7) is 6.34. The molecule has 1 atom stereocenters. The van der Waals surface area contributed by atoms with Gasteiger partial charge >= 0.3 is 0 Å². The summed E-state index contributed by atoms with van der Waals surface area (Å²) in [4.78, 5) is 10.7. The molecule has 80 valence electrons. The fourth-order valence-corrected chi connectivity index (χ4v) is 1.10. The summed E-state index contributed by atoms with van der Waals surface area (Å²) in [5.74, 6) is 0.438. The lowest BCUT2D eigenvalue weighted by Crippen LogP contribution is -2.25. The molecule has 0 aliphatic heterocycles. The van der Waals surface area contributed by atoms with Gasteiger partial charge in [0, 0.05) is 18.0 Å². The number of carbonyl (C=O) groups is 1. The topological polar surface area (TPSA) is 29.1 Å². The van der Waals surface area contributed by atoms with Gasteiger partial charge in [0.1, 0.15) is 0 Å². The zero-order valence-electron chi connectivity index (χ0n) is 9.01. The van der Waals surface area contributed by atoms with Crippen molar-refractivity contribution in [2.75, 3.05) is 6.54 Å². The second kappa shape index (κ2) is 7.80. The molecule has 0 saturated heterocycles. The van der Waals surface area contributed by atoms with Crippen molar-refractivity contribution in [2.24, 2.45) is 5.92 Å². The van der Waals surface area contributed by atoms with Crippen molar-refractivity contribution in [3.05, 3.63) is 22.7 Å². The van der Waals surface area contributed by atoms with Crippen LogP contribution in [0.25, 0.3) is 0 Å². The fraction of sp³-hybridized carbons (Fsp3) is 0.545. The van der Waals surface area contributed by atoms with Crippen LogP contribution in [0.3, 0.4) is 0 Å². The zero-order chi connectivity index (χ0) is 11.0. The molecule has 0 aliphatic carbocycles. The smallest absolute Gasteiger partial charge is 0.216 e. The summed E-state index contributed by atoms with van der Waals surface area (Å²) in [5, 5.41) is 2.81. The number of allylic oxidation sites excluding steroid dienone is 3. The Morgan fingerprint density at radius 3 is 2.64 bits per heavy atom. The van der Waals surface area contributed by atoms with E-state index in [2.05, 4.69) is 34.2 Å². The van der Waals surface area contributed by atoms with Crippen molar-refractivity contribution in [3.63, 3.8) is 0 Å². The molecule has 3 heteroatoms. The number of amides is 1. The summed E-state index contributed by atoms with van der Waals surface area (Å²) in [6, 6.07) is 0. The molecule has 0 aromatic heterocycles. The van der Waals surface area contributed by atoms with Gasteiger partial charge in [-0.15, -0.1) is 0 Å². The number of hydrogen-bond donors (Lipinski definition) is 1. The molecule has 0 rings (SSSR count). The maximum atomic E-state index is 10.7. The van der Waals surface area contributed by atoms with Gasteiger partial charge in [-0.1, -0.05) is 41.1 Å². The third-order valence-electron chi connectivity index (χ3n) is 1.94. The molecule has 0 saturated carbocycles. The second-order valence-corrected chi connectivity index (χ2v) is 4.05. The van der Waals surface area contributed by atoms with Gasteiger partial charge in [-0.25, -0.2) is 0 Å². The third kappa shape index (κ3) is 6.89. The minimum absolute atomic E-state index is 0.0296. The van der Waals surface area contributed by atoms with Crippen LogP contribution in [-0.4, -0.2) is 12.5 Å². The van der Waals surface area contributed by atoms with Crippen molar-refractivity contribution in [2.45, 2.75) is 27.2 Å². The van der Waals surface area contributed by atoms with Crippen LogP contribution >= 0.6 is 15.9 Å². The molecule has 0 fully saturated rings. The Kier molecular flexibility index (Phi) is 7.48. The van der Waals surface area contributed by atoms with Gasteiger partial charge in [0.15, 0.2) is 0 Å². The first-order valence-corrected chi connectivity index (χ1v) is 5.63. The van der Waals surface area contributed by atoms with E-state index >= 15 is 0 Å². The van der Waals surface area contributed by atoms with Crippen LogP contribution in [0.4, 0.5) is 0 Å². The summed E-state index contributed by atoms with van der Waals surface area (Å²) in [6.07, 6.45) is 7.15. The first-order chi connectivity index (χ1) is 6.60. The highest BCUT2D eigenvalue weighted by atomic mass is 79.9. The van der Waals surface area contributed by atoms with Crippen LogP contribution in [0.1, 0.15) is 27.2 Å². The average molecular weight is 260 g/mol. The molecule has 0 aromatic rings. The van der Waals surface area contributed by atoms with E-state index in [9.17, 15) is 4.79 Å². The maximum absolute atomic E-state index is 10.7. The summed E-state index contributed by atoms with van der Waals surface area (Å²) in [7, 11) is 0. The van der Waals surface area contributed by atoms with Gasteiger partial charge in [0.25, 0.3) is 0 Å². The molecule has 2 nitrogen and oxygen atoms in total. The molecule has 0 aliphatic rings. The highest BCUT2D eigenvalue weighted by Crippen LogP contribution is 2.10. The van der Waals surface area contributed by atoms with E-state index in [4.69, 9.17) is 0 Å². The van der Waals surface area contributed by atoms with E-state index in [0.717, 1.165) is 10.9 Å². The van der Waals surface area contributed by atoms with Crippen LogP contribution in [0.15, 0.2) is 22.7 Å². The minimum Gasteiger partial charge on any atom is -0.356 e. The van der Waals surface area contributed by atoms with Gasteiger partial charge in [0.2, 0.25) is 5.91 Å². The summed E-state index contributed by atoms with van der Waals surface area (Å²) >= 11 is 3.40. The molecule has 0 bridgehead atoms. The summed E-state index contributed by atoms with van der Waals surface area (Å²) < 4.78 is 1.07. The van der Waals surface area contributed by atoms with Crippen LogP contribution in [0.2, 0.25) is 0 Å². The number of hydrogen-bond acceptors (Lipinski definition) is 1. The monoisotopic (exact) mass is 259 g/mol. The SMILES string of the molecule is C/C=C(Br)\C=C/C(CC)CNC(C)=O. The molecule has 0 spiro atoms. The van der Waals surface area contributed by atoms with Crippen LogP contribution < -0.4 is 5.32 Å². The van der Waals surface area contributed by atoms with Crippen molar-refractivity contribution >= 4 is 21.8 Å². The van der Waals surface area contributed by atoms with Crippen LogP contribution in [0.5, 0.6) is 0 Å². The van der Waals surface area contributed by atoms with Crippen LogP contribution in [0, 0.1) is 5.92 Å². The molecule has 0 heterocycles. The molecule has 14 heavy (non-hydrogen) atoms. The lowest BCUT2D eigenvalue weighted by molar-refractivity contribution is -0.119. The Hall–Kier alpha value is -0.570. The van der Waals surface area contributed by atoms with Gasteiger partial charge in [-0.3, -0.25) is 4.79 Å². The first-order valence-electron chi connectivity index (χ1n) is 4.84. The maximum Gasteiger partial charge on any atom is 0.216 e. The largest absolute Gasteiger partial charge is 0.356 e. The molecule has 0 radical (unpaired) electrons. The number of rotatable bonds is 5. The lowest BCUT2D eigenvalue weighted by Gasteiger charge is -2.09. The van der Waals surface area contributed by atoms with E-state index < -0.39 is 0 Å². The van der Waals surface area contributed by atoms with Crippen molar-refractivity contribution < 1.29 is 4.79 Å². The Bertz CT molecular complexity index is 233. The Morgan fingerprint density at radius 1 is 1.57 bits per heavy atom. The average Bonchev–Trinajstić information content (AvgIpc) is 2.17. The standard InChI is InChI=1S/C11H18BrNO/c1-4-10(8-13-9(3)14)6-7-11(12)5-2/h5-7,10H,4,8H2,1-3H3,(H,13,14)/b7-6-,11-5+. The minimum atomic E-state index is 0.0296. The van der Waals surface area contributed by atoms with Crippen molar-refractivity contribution in [3.8, 4) is 0 Å². The van der Waals surface area contributed by atoms with Crippen molar-refractivity contribution in [1.82, 2.24) is 5.32 Å². The predicted octanol–water partition coefficient (Wildman–Crippen LogP) is 3.00.